The zero-order chi connectivity index (χ0) is 55.3. The molecule has 0 unspecified atom stereocenters. The van der Waals surface area contributed by atoms with E-state index in [-0.39, 0.29) is 42.6 Å². The second-order valence-corrected chi connectivity index (χ2v) is 21.4. The van der Waals surface area contributed by atoms with Gasteiger partial charge in [-0.25, -0.2) is 14.7 Å². The van der Waals surface area contributed by atoms with E-state index in [1.54, 1.807) is 123 Å². The molecule has 1 fully saturated rings. The predicted octanol–water partition coefficient (Wildman–Crippen LogP) is 11.8. The van der Waals surface area contributed by atoms with Crippen molar-refractivity contribution in [2.24, 2.45) is 22.2 Å². The van der Waals surface area contributed by atoms with E-state index < -0.39 is 63.8 Å². The Hall–Kier alpha value is -8.37. The lowest BCUT2D eigenvalue weighted by molar-refractivity contribution is -0.175. The molecule has 2 amide bonds. The van der Waals surface area contributed by atoms with Crippen molar-refractivity contribution in [1.29, 1.82) is 0 Å². The molecule has 1 saturated carbocycles. The van der Waals surface area contributed by atoms with Gasteiger partial charge in [-0.1, -0.05) is 111 Å². The highest BCUT2D eigenvalue weighted by atomic mass is 16.6. The van der Waals surface area contributed by atoms with Crippen molar-refractivity contribution < 1.29 is 47.6 Å². The van der Waals surface area contributed by atoms with Crippen LogP contribution in [0.5, 0.6) is 17.4 Å². The molecule has 77 heavy (non-hydrogen) atoms. The van der Waals surface area contributed by atoms with Crippen molar-refractivity contribution in [3.63, 3.8) is 0 Å². The monoisotopic (exact) mass is 1040 g/mol. The minimum Gasteiger partial charge on any atom is -0.497 e. The number of benzene rings is 5. The van der Waals surface area contributed by atoms with Crippen LogP contribution in [0, 0.1) is 22.2 Å². The maximum absolute atomic E-state index is 14.5. The first-order valence-electron chi connectivity index (χ1n) is 25.4. The van der Waals surface area contributed by atoms with Crippen LogP contribution in [0.15, 0.2) is 158 Å². The first kappa shape index (κ1) is 54.9. The molecule has 16 nitrogen and oxygen atoms in total. The third kappa shape index (κ3) is 11.4. The number of ether oxygens (including phenoxy) is 6. The quantitative estimate of drug-likeness (QED) is 0.0517. The maximum atomic E-state index is 14.5. The summed E-state index contributed by atoms with van der Waals surface area (Å²) in [5.41, 5.74) is -0.828. The molecule has 400 valence electrons. The Bertz CT molecular complexity index is 3140. The van der Waals surface area contributed by atoms with Gasteiger partial charge in [0, 0.05) is 12.3 Å². The van der Waals surface area contributed by atoms with Gasteiger partial charge in [-0.15, -0.1) is 0 Å². The van der Waals surface area contributed by atoms with Crippen LogP contribution < -0.4 is 24.4 Å². The number of hydrogen-bond acceptors (Lipinski definition) is 13. The highest BCUT2D eigenvalue weighted by molar-refractivity contribution is 5.98. The first-order chi connectivity index (χ1) is 36.7. The number of para-hydroxylation sites is 2. The number of nitrogens with zero attached hydrogens (tertiary/aromatic N) is 5. The maximum Gasteiger partial charge on any atom is 0.425 e. The largest absolute Gasteiger partial charge is 0.497 e. The highest BCUT2D eigenvalue weighted by Gasteiger charge is 2.57. The third-order valence-corrected chi connectivity index (χ3v) is 13.6. The molecular formula is C61H66N6O10. The lowest BCUT2D eigenvalue weighted by Crippen LogP contribution is -2.48. The first-order valence-corrected chi connectivity index (χ1v) is 25.4. The Balaban J connectivity index is 1.31. The van der Waals surface area contributed by atoms with Gasteiger partial charge >= 0.3 is 18.0 Å². The topological polar surface area (TPSA) is 183 Å². The molecule has 0 saturated heterocycles. The number of carbonyl (C=O) groups excluding carboxylic acids is 4. The van der Waals surface area contributed by atoms with E-state index >= 15 is 0 Å². The zero-order valence-corrected chi connectivity index (χ0v) is 45.2. The zero-order valence-electron chi connectivity index (χ0n) is 45.2. The molecule has 8 rings (SSSR count). The van der Waals surface area contributed by atoms with Crippen LogP contribution in [0.25, 0.3) is 11.2 Å². The van der Waals surface area contributed by atoms with Crippen LogP contribution in [0.1, 0.15) is 84.5 Å². The molecule has 7 aromatic rings. The average molecular weight is 1040 g/mol. The smallest absolute Gasteiger partial charge is 0.425 e. The minimum absolute atomic E-state index is 0.0640. The lowest BCUT2D eigenvalue weighted by atomic mass is 9.78. The Morgan fingerprint density at radius 3 is 1.70 bits per heavy atom. The number of esters is 2. The number of aromatic nitrogens is 4. The summed E-state index contributed by atoms with van der Waals surface area (Å²) in [7, 11) is 3.19. The number of nitrogens with one attached hydrogen (secondary N) is 1. The number of rotatable bonds is 17. The molecule has 0 bridgehead atoms. The summed E-state index contributed by atoms with van der Waals surface area (Å²) in [5.74, 6) is -1.04. The fourth-order valence-corrected chi connectivity index (χ4v) is 9.14. The van der Waals surface area contributed by atoms with Gasteiger partial charge in [-0.05, 0) is 112 Å². The number of fused-ring (bicyclic) bond motifs is 1. The number of carbonyl (C=O) groups is 4. The summed E-state index contributed by atoms with van der Waals surface area (Å²) in [4.78, 5) is 71.9. The highest BCUT2D eigenvalue weighted by Crippen LogP contribution is 2.54. The van der Waals surface area contributed by atoms with Gasteiger partial charge in [0.2, 0.25) is 11.9 Å². The van der Waals surface area contributed by atoms with E-state index in [1.165, 1.54) is 11.2 Å². The molecule has 0 aliphatic heterocycles. The average Bonchev–Trinajstić information content (AvgIpc) is 3.96. The van der Waals surface area contributed by atoms with Gasteiger partial charge in [-0.2, -0.15) is 9.97 Å². The molecule has 3 atom stereocenters. The van der Waals surface area contributed by atoms with Crippen molar-refractivity contribution in [2.75, 3.05) is 37.7 Å². The van der Waals surface area contributed by atoms with Crippen molar-refractivity contribution in [1.82, 2.24) is 19.5 Å². The van der Waals surface area contributed by atoms with Gasteiger partial charge in [0.1, 0.15) is 29.8 Å². The van der Waals surface area contributed by atoms with E-state index in [1.807, 2.05) is 91.0 Å². The number of amides is 2. The van der Waals surface area contributed by atoms with Crippen LogP contribution in [-0.4, -0.2) is 77.0 Å². The van der Waals surface area contributed by atoms with Crippen molar-refractivity contribution >= 4 is 52.4 Å². The summed E-state index contributed by atoms with van der Waals surface area (Å²) in [6, 6.07) is 42.0. The van der Waals surface area contributed by atoms with E-state index in [0.29, 0.717) is 28.4 Å². The summed E-state index contributed by atoms with van der Waals surface area (Å²) in [6.07, 6.45) is -0.294. The van der Waals surface area contributed by atoms with Crippen molar-refractivity contribution in [3.8, 4) is 17.4 Å². The van der Waals surface area contributed by atoms with E-state index in [2.05, 4.69) is 10.3 Å². The fourth-order valence-electron chi connectivity index (χ4n) is 9.14. The summed E-state index contributed by atoms with van der Waals surface area (Å²) >= 11 is 0. The van der Waals surface area contributed by atoms with Crippen LogP contribution in [0.3, 0.4) is 0 Å². The summed E-state index contributed by atoms with van der Waals surface area (Å²) in [6.45, 7) is 18.2. The van der Waals surface area contributed by atoms with E-state index in [9.17, 15) is 19.2 Å². The van der Waals surface area contributed by atoms with Crippen molar-refractivity contribution in [2.45, 2.75) is 79.6 Å². The van der Waals surface area contributed by atoms with Crippen LogP contribution in [-0.2, 0) is 34.2 Å². The number of imidazole rings is 1. The van der Waals surface area contributed by atoms with Gasteiger partial charge < -0.3 is 33.0 Å². The Morgan fingerprint density at radius 2 is 1.21 bits per heavy atom. The summed E-state index contributed by atoms with van der Waals surface area (Å²) in [5, 5.41) is 2.78. The van der Waals surface area contributed by atoms with Gasteiger partial charge in [0.05, 0.1) is 60.8 Å². The fraction of sp³-hybridized carbons (Fsp3) is 0.328. The standard InChI is InChI=1S/C61H66N6O10/c1-39(2)52(68)64-56-63-51-50(53(65-56)77-57(71)67(44-23-17-13-18-24-44)45-25-19-14-20-26-45)62-38-66(51)48-35-49(76-55(70)59(7,8)9)60(40(48)3,36-74-54(69)58(4,5)6)37-75-61(41-21-15-12-16-22-41,42-27-31-46(72-10)32-28-42)43-29-33-47(73-11)34-30-43/h12-34,38-39,48-49H,3,35-37H2,1-2,4-11H3,(H,63,64,65,68)/t48-,49-,60+/m0/s1. The lowest BCUT2D eigenvalue weighted by Gasteiger charge is -2.42. The molecule has 2 heterocycles. The van der Waals surface area contributed by atoms with Crippen LogP contribution in [0.2, 0.25) is 0 Å². The second kappa shape index (κ2) is 22.5. The molecule has 5 aromatic carbocycles. The molecule has 1 aliphatic carbocycles. The molecule has 2 aromatic heterocycles. The van der Waals surface area contributed by atoms with Crippen LogP contribution in [0.4, 0.5) is 22.1 Å². The van der Waals surface area contributed by atoms with Gasteiger partial charge in [0.25, 0.3) is 5.88 Å². The van der Waals surface area contributed by atoms with Gasteiger partial charge in [0.15, 0.2) is 11.2 Å². The number of anilines is 3. The van der Waals surface area contributed by atoms with E-state index in [4.69, 9.17) is 45.0 Å². The normalized spacial score (nSPS) is 16.7. The van der Waals surface area contributed by atoms with Gasteiger partial charge in [-0.3, -0.25) is 19.7 Å². The van der Waals surface area contributed by atoms with Crippen LogP contribution >= 0.6 is 0 Å². The molecular weight excluding hydrogens is 977 g/mol. The van der Waals surface area contributed by atoms with Crippen molar-refractivity contribution in [3.05, 3.63) is 175 Å². The molecule has 16 heteroatoms. The Kier molecular flexibility index (Phi) is 16.0. The molecule has 1 aliphatic rings. The minimum atomic E-state index is -1.48. The number of hydrogen-bond donors (Lipinski definition) is 1. The second-order valence-electron chi connectivity index (χ2n) is 21.4. The predicted molar refractivity (Wildman–Crippen MR) is 293 cm³/mol. The molecule has 0 radical (unpaired) electrons. The Morgan fingerprint density at radius 1 is 0.701 bits per heavy atom. The van der Waals surface area contributed by atoms with E-state index in [0.717, 1.165) is 16.7 Å². The number of methoxy groups -OCH3 is 2. The third-order valence-electron chi connectivity index (χ3n) is 13.6. The SMILES string of the molecule is C=C1[C@@H](n2cnc3c(OC(=O)N(c4ccccc4)c4ccccc4)nc(NC(=O)C(C)C)nc32)C[C@H](OC(=O)C(C)(C)C)[C@]1(COC(=O)C(C)(C)C)COC(c1ccccc1)(c1ccc(OC)cc1)c1ccc(OC)cc1. The molecule has 1 N–H and O–H groups in total. The summed E-state index contributed by atoms with van der Waals surface area (Å²) < 4.78 is 39.7. The molecule has 0 spiro atoms. The Labute approximate surface area is 449 Å².